The van der Waals surface area contributed by atoms with Gasteiger partial charge in [0.05, 0.1) is 6.04 Å². The molecule has 0 aromatic heterocycles. The molecule has 0 N–H and O–H groups in total. The summed E-state index contributed by atoms with van der Waals surface area (Å²) in [5.74, 6) is 0.0683. The molecule has 168 valence electrons. The zero-order valence-corrected chi connectivity index (χ0v) is 19.6. The van der Waals surface area contributed by atoms with Crippen LogP contribution in [0, 0.1) is 0 Å². The van der Waals surface area contributed by atoms with Gasteiger partial charge in [-0.25, -0.2) is 0 Å². The standard InChI is InChI=1S/C26H47NO2/c1-4-6-8-10-12-14-16-18-20-24(27-25(28)21-22-26(27)29)23(3)19-17-15-13-11-9-7-5-2/h19,24H,4-18,20-22H2,1-3H3/b23-19+. The summed E-state index contributed by atoms with van der Waals surface area (Å²) in [6.45, 7) is 6.63. The topological polar surface area (TPSA) is 37.4 Å². The normalized spacial score (nSPS) is 16.1. The molecular weight excluding hydrogens is 358 g/mol. The van der Waals surface area contributed by atoms with Crippen molar-refractivity contribution in [2.45, 2.75) is 142 Å². The average Bonchev–Trinajstić information content (AvgIpc) is 3.04. The monoisotopic (exact) mass is 405 g/mol. The third kappa shape index (κ3) is 11.0. The van der Waals surface area contributed by atoms with E-state index in [1.807, 2.05) is 0 Å². The zero-order valence-electron chi connectivity index (χ0n) is 19.6. The van der Waals surface area contributed by atoms with Crippen LogP contribution in [0.4, 0.5) is 0 Å². The van der Waals surface area contributed by atoms with Gasteiger partial charge in [-0.2, -0.15) is 0 Å². The van der Waals surface area contributed by atoms with Gasteiger partial charge in [-0.05, 0) is 26.2 Å². The van der Waals surface area contributed by atoms with Gasteiger partial charge in [0, 0.05) is 12.8 Å². The number of imide groups is 1. The highest BCUT2D eigenvalue weighted by molar-refractivity contribution is 6.02. The lowest BCUT2D eigenvalue weighted by atomic mass is 9.97. The van der Waals surface area contributed by atoms with E-state index in [9.17, 15) is 9.59 Å². The number of allylic oxidation sites excluding steroid dienone is 1. The Morgan fingerprint density at radius 2 is 1.21 bits per heavy atom. The number of hydrogen-bond acceptors (Lipinski definition) is 2. The highest BCUT2D eigenvalue weighted by Crippen LogP contribution is 2.25. The minimum absolute atomic E-state index is 0.00215. The van der Waals surface area contributed by atoms with E-state index in [0.29, 0.717) is 12.8 Å². The number of hydrogen-bond donors (Lipinski definition) is 0. The Kier molecular flexibility index (Phi) is 14.9. The van der Waals surface area contributed by atoms with Crippen molar-refractivity contribution in [3.63, 3.8) is 0 Å². The van der Waals surface area contributed by atoms with Gasteiger partial charge in [0.15, 0.2) is 0 Å². The maximum atomic E-state index is 12.3. The summed E-state index contributed by atoms with van der Waals surface area (Å²) in [4.78, 5) is 26.2. The Morgan fingerprint density at radius 1 is 0.759 bits per heavy atom. The first-order valence-corrected chi connectivity index (χ1v) is 12.6. The van der Waals surface area contributed by atoms with E-state index < -0.39 is 0 Å². The predicted octanol–water partition coefficient (Wildman–Crippen LogP) is 7.73. The fourth-order valence-corrected chi connectivity index (χ4v) is 4.36. The van der Waals surface area contributed by atoms with Crippen LogP contribution in [0.1, 0.15) is 136 Å². The van der Waals surface area contributed by atoms with Crippen LogP contribution in [0.25, 0.3) is 0 Å². The average molecular weight is 406 g/mol. The molecule has 29 heavy (non-hydrogen) atoms. The predicted molar refractivity (Wildman–Crippen MR) is 124 cm³/mol. The van der Waals surface area contributed by atoms with Crippen LogP contribution in [0.3, 0.4) is 0 Å². The zero-order chi connectivity index (χ0) is 21.3. The van der Waals surface area contributed by atoms with Crippen LogP contribution in [-0.2, 0) is 9.59 Å². The molecule has 1 aliphatic rings. The minimum atomic E-state index is -0.00215. The fourth-order valence-electron chi connectivity index (χ4n) is 4.36. The first-order valence-electron chi connectivity index (χ1n) is 12.6. The molecule has 0 spiro atoms. The van der Waals surface area contributed by atoms with E-state index in [0.717, 1.165) is 19.3 Å². The molecule has 1 rings (SSSR count). The highest BCUT2D eigenvalue weighted by atomic mass is 16.2. The lowest BCUT2D eigenvalue weighted by Gasteiger charge is -2.27. The summed E-state index contributed by atoms with van der Waals surface area (Å²) in [7, 11) is 0. The molecule has 0 aromatic carbocycles. The van der Waals surface area contributed by atoms with Crippen LogP contribution < -0.4 is 0 Å². The quantitative estimate of drug-likeness (QED) is 0.133. The summed E-state index contributed by atoms with van der Waals surface area (Å²) >= 11 is 0. The van der Waals surface area contributed by atoms with Crippen molar-refractivity contribution in [2.24, 2.45) is 0 Å². The number of amides is 2. The van der Waals surface area contributed by atoms with Crippen molar-refractivity contribution in [3.8, 4) is 0 Å². The lowest BCUT2D eigenvalue weighted by molar-refractivity contribution is -0.140. The van der Waals surface area contributed by atoms with Crippen LogP contribution in [-0.4, -0.2) is 22.8 Å². The Hall–Kier alpha value is -1.12. The van der Waals surface area contributed by atoms with Crippen molar-refractivity contribution in [1.82, 2.24) is 4.90 Å². The number of carbonyl (C=O) groups excluding carboxylic acids is 2. The van der Waals surface area contributed by atoms with Gasteiger partial charge in [0.25, 0.3) is 0 Å². The second-order valence-electron chi connectivity index (χ2n) is 8.94. The van der Waals surface area contributed by atoms with Crippen LogP contribution in [0.15, 0.2) is 11.6 Å². The highest BCUT2D eigenvalue weighted by Gasteiger charge is 2.35. The molecule has 0 radical (unpaired) electrons. The molecule has 1 saturated heterocycles. The van der Waals surface area contributed by atoms with Crippen molar-refractivity contribution >= 4 is 11.8 Å². The van der Waals surface area contributed by atoms with Gasteiger partial charge >= 0.3 is 0 Å². The molecule has 1 unspecified atom stereocenters. The van der Waals surface area contributed by atoms with Crippen molar-refractivity contribution in [3.05, 3.63) is 11.6 Å². The van der Waals surface area contributed by atoms with Crippen molar-refractivity contribution in [1.29, 1.82) is 0 Å². The molecule has 3 heteroatoms. The van der Waals surface area contributed by atoms with E-state index in [1.54, 1.807) is 4.90 Å². The smallest absolute Gasteiger partial charge is 0.230 e. The summed E-state index contributed by atoms with van der Waals surface area (Å²) in [6, 6.07) is -0.00215. The van der Waals surface area contributed by atoms with Gasteiger partial charge in [-0.15, -0.1) is 0 Å². The minimum Gasteiger partial charge on any atom is -0.275 e. The summed E-state index contributed by atoms with van der Waals surface area (Å²) in [5.41, 5.74) is 1.23. The molecule has 1 heterocycles. The largest absolute Gasteiger partial charge is 0.275 e. The van der Waals surface area contributed by atoms with E-state index in [4.69, 9.17) is 0 Å². The Balaban J connectivity index is 2.44. The Bertz CT molecular complexity index is 467. The molecule has 0 aliphatic carbocycles. The number of carbonyl (C=O) groups is 2. The summed E-state index contributed by atoms with van der Waals surface area (Å²) in [5, 5.41) is 0. The Morgan fingerprint density at radius 3 is 1.72 bits per heavy atom. The van der Waals surface area contributed by atoms with Gasteiger partial charge in [-0.3, -0.25) is 14.5 Å². The van der Waals surface area contributed by atoms with Gasteiger partial charge in [-0.1, -0.05) is 109 Å². The van der Waals surface area contributed by atoms with E-state index in [-0.39, 0.29) is 17.9 Å². The molecule has 1 atom stereocenters. The maximum absolute atomic E-state index is 12.3. The van der Waals surface area contributed by atoms with E-state index in [2.05, 4.69) is 26.8 Å². The Labute approximate surface area is 180 Å². The van der Waals surface area contributed by atoms with E-state index >= 15 is 0 Å². The molecular formula is C26H47NO2. The van der Waals surface area contributed by atoms with Gasteiger partial charge in [0.2, 0.25) is 11.8 Å². The molecule has 0 saturated carbocycles. The van der Waals surface area contributed by atoms with Gasteiger partial charge in [0.1, 0.15) is 0 Å². The first kappa shape index (κ1) is 25.9. The third-order valence-electron chi connectivity index (χ3n) is 6.28. The number of nitrogens with zero attached hydrogens (tertiary/aromatic N) is 1. The van der Waals surface area contributed by atoms with Gasteiger partial charge < -0.3 is 0 Å². The molecule has 0 aromatic rings. The molecule has 1 fully saturated rings. The van der Waals surface area contributed by atoms with E-state index in [1.165, 1.54) is 89.0 Å². The van der Waals surface area contributed by atoms with Crippen LogP contribution in [0.2, 0.25) is 0 Å². The van der Waals surface area contributed by atoms with Crippen molar-refractivity contribution in [2.75, 3.05) is 0 Å². The number of unbranched alkanes of at least 4 members (excludes halogenated alkanes) is 13. The fraction of sp³-hybridized carbons (Fsp3) is 0.846. The molecule has 3 nitrogen and oxygen atoms in total. The second-order valence-corrected chi connectivity index (χ2v) is 8.94. The lowest BCUT2D eigenvalue weighted by Crippen LogP contribution is -2.40. The van der Waals surface area contributed by atoms with Crippen molar-refractivity contribution < 1.29 is 9.59 Å². The number of rotatable bonds is 18. The summed E-state index contributed by atoms with van der Waals surface area (Å²) in [6.07, 6.45) is 23.2. The van der Waals surface area contributed by atoms with Crippen LogP contribution in [0.5, 0.6) is 0 Å². The third-order valence-corrected chi connectivity index (χ3v) is 6.28. The SMILES string of the molecule is CCCCCCCC/C=C(\C)C(CCCCCCCCCC)N1C(=O)CCC1=O. The van der Waals surface area contributed by atoms with Crippen LogP contribution >= 0.6 is 0 Å². The molecule has 1 aliphatic heterocycles. The molecule has 2 amide bonds. The first-order chi connectivity index (χ1) is 14.1. The molecule has 0 bridgehead atoms. The summed E-state index contributed by atoms with van der Waals surface area (Å²) < 4.78 is 0. The number of likely N-dealkylation sites (tertiary alicyclic amines) is 1. The maximum Gasteiger partial charge on any atom is 0.230 e. The second kappa shape index (κ2) is 16.7.